The third kappa shape index (κ3) is 2.76. The van der Waals surface area contributed by atoms with Gasteiger partial charge in [-0.1, -0.05) is 26.3 Å². The van der Waals surface area contributed by atoms with Crippen LogP contribution in [-0.4, -0.2) is 47.1 Å². The van der Waals surface area contributed by atoms with E-state index < -0.39 is 11.0 Å². The summed E-state index contributed by atoms with van der Waals surface area (Å²) in [5, 5.41) is 9.56. The van der Waals surface area contributed by atoms with E-state index in [0.29, 0.717) is 35.7 Å². The van der Waals surface area contributed by atoms with Crippen LogP contribution in [0.25, 0.3) is 0 Å². The summed E-state index contributed by atoms with van der Waals surface area (Å²) in [5.41, 5.74) is -0.254. The summed E-state index contributed by atoms with van der Waals surface area (Å²) in [4.78, 5) is 38.8. The lowest BCUT2D eigenvalue weighted by molar-refractivity contribution is -0.156. The van der Waals surface area contributed by atoms with Crippen LogP contribution in [0.5, 0.6) is 0 Å². The zero-order chi connectivity index (χ0) is 25.1. The zero-order valence-electron chi connectivity index (χ0n) is 21.5. The molecule has 0 aromatic rings. The first-order valence-electron chi connectivity index (χ1n) is 13.5. The fourth-order valence-electron chi connectivity index (χ4n) is 10.1. The fourth-order valence-corrected chi connectivity index (χ4v) is 10.1. The molecule has 2 aliphatic heterocycles. The highest BCUT2D eigenvalue weighted by atomic mass is 16.6. The second kappa shape index (κ2) is 7.38. The number of cyclic esters (lactones) is 1. The Kier molecular flexibility index (Phi) is 4.97. The largest absolute Gasteiger partial charge is 0.458 e. The highest BCUT2D eigenvalue weighted by molar-refractivity contribution is 6.15. The van der Waals surface area contributed by atoms with Gasteiger partial charge in [-0.2, -0.15) is 0 Å². The molecule has 35 heavy (non-hydrogen) atoms. The molecule has 6 heteroatoms. The number of esters is 1. The second-order valence-corrected chi connectivity index (χ2v) is 12.9. The highest BCUT2D eigenvalue weighted by Crippen LogP contribution is 2.73. The van der Waals surface area contributed by atoms with E-state index >= 15 is 0 Å². The van der Waals surface area contributed by atoms with Gasteiger partial charge in [-0.15, -0.1) is 0 Å². The molecular formula is C29H38O6. The minimum Gasteiger partial charge on any atom is -0.458 e. The Morgan fingerprint density at radius 2 is 1.83 bits per heavy atom. The molecule has 0 unspecified atom stereocenters. The number of carbonyl (C=O) groups is 3. The fraction of sp³-hybridized carbons (Fsp3) is 0.759. The number of aliphatic hydroxyl groups is 1. The van der Waals surface area contributed by atoms with Crippen LogP contribution in [0.15, 0.2) is 23.3 Å². The summed E-state index contributed by atoms with van der Waals surface area (Å²) in [6.45, 7) is 10.7. The summed E-state index contributed by atoms with van der Waals surface area (Å²) in [6, 6.07) is 0. The first-order valence-corrected chi connectivity index (χ1v) is 13.5. The predicted octanol–water partition coefficient (Wildman–Crippen LogP) is 3.81. The Hall–Kier alpha value is -1.79. The van der Waals surface area contributed by atoms with Gasteiger partial charge < -0.3 is 14.6 Å². The third-order valence-corrected chi connectivity index (χ3v) is 11.7. The van der Waals surface area contributed by atoms with E-state index in [9.17, 15) is 19.5 Å². The summed E-state index contributed by atoms with van der Waals surface area (Å²) in [7, 11) is 0. The third-order valence-electron chi connectivity index (χ3n) is 11.7. The van der Waals surface area contributed by atoms with Crippen molar-refractivity contribution in [3.05, 3.63) is 23.3 Å². The molecule has 1 spiro atoms. The summed E-state index contributed by atoms with van der Waals surface area (Å²) < 4.78 is 12.0. The van der Waals surface area contributed by atoms with Crippen molar-refractivity contribution in [3.63, 3.8) is 0 Å². The average molecular weight is 483 g/mol. The van der Waals surface area contributed by atoms with Crippen molar-refractivity contribution >= 4 is 17.5 Å². The lowest BCUT2D eigenvalue weighted by atomic mass is 9.44. The molecule has 4 fully saturated rings. The molecule has 6 aliphatic rings. The number of rotatable bonds is 3. The SMILES string of the molecule is CC1=C(CO)C(=O)O[C@@H]([C@@H](C)[C@H]2[C@@H](C)C[C@H]3[C@@H]4C[C@H]5O[C@]56C(=O)C=CC(=O)[C@]6(C)[C@H]4CC[C@]23C)C1. The van der Waals surface area contributed by atoms with Gasteiger partial charge in [-0.05, 0) is 92.6 Å². The minimum atomic E-state index is -0.921. The number of ether oxygens (including phenoxy) is 2. The molecule has 3 saturated carbocycles. The van der Waals surface area contributed by atoms with Gasteiger partial charge >= 0.3 is 5.97 Å². The van der Waals surface area contributed by atoms with Crippen molar-refractivity contribution in [3.8, 4) is 0 Å². The number of hydrogen-bond donors (Lipinski definition) is 1. The Labute approximate surface area is 207 Å². The lowest BCUT2D eigenvalue weighted by Crippen LogP contribution is -2.62. The molecule has 1 N–H and O–H groups in total. The van der Waals surface area contributed by atoms with E-state index in [1.165, 1.54) is 12.2 Å². The van der Waals surface area contributed by atoms with Gasteiger partial charge in [-0.3, -0.25) is 9.59 Å². The van der Waals surface area contributed by atoms with Crippen LogP contribution >= 0.6 is 0 Å². The number of allylic oxidation sites excluding steroid dienone is 1. The quantitative estimate of drug-likeness (QED) is 0.486. The van der Waals surface area contributed by atoms with E-state index in [-0.39, 0.29) is 53.6 Å². The normalized spacial score (nSPS) is 51.3. The van der Waals surface area contributed by atoms with Crippen molar-refractivity contribution in [2.75, 3.05) is 6.61 Å². The predicted molar refractivity (Wildman–Crippen MR) is 128 cm³/mol. The molecule has 2 heterocycles. The van der Waals surface area contributed by atoms with Gasteiger partial charge in [0.25, 0.3) is 0 Å². The first kappa shape index (κ1) is 23.6. The summed E-state index contributed by atoms with van der Waals surface area (Å²) in [5.74, 6) is 1.72. The number of aliphatic hydroxyl groups excluding tert-OH is 1. The van der Waals surface area contributed by atoms with E-state index in [1.54, 1.807) is 0 Å². The number of carbonyl (C=O) groups excluding carboxylic acids is 3. The monoisotopic (exact) mass is 482 g/mol. The van der Waals surface area contributed by atoms with Crippen molar-refractivity contribution in [2.24, 2.45) is 46.3 Å². The number of epoxide rings is 1. The first-order chi connectivity index (χ1) is 16.5. The summed E-state index contributed by atoms with van der Waals surface area (Å²) >= 11 is 0. The van der Waals surface area contributed by atoms with Gasteiger partial charge in [0.15, 0.2) is 17.2 Å². The van der Waals surface area contributed by atoms with Crippen LogP contribution < -0.4 is 0 Å². The molecule has 190 valence electrons. The van der Waals surface area contributed by atoms with Crippen molar-refractivity contribution in [2.45, 2.75) is 84.5 Å². The maximum atomic E-state index is 13.3. The number of hydrogen-bond acceptors (Lipinski definition) is 6. The van der Waals surface area contributed by atoms with E-state index in [1.807, 2.05) is 13.8 Å². The molecule has 0 aromatic carbocycles. The maximum absolute atomic E-state index is 13.3. The van der Waals surface area contributed by atoms with E-state index in [2.05, 4.69) is 20.8 Å². The van der Waals surface area contributed by atoms with Gasteiger partial charge in [0.05, 0.1) is 23.7 Å². The Morgan fingerprint density at radius 1 is 1.11 bits per heavy atom. The van der Waals surface area contributed by atoms with Crippen LogP contribution in [0.1, 0.15) is 66.7 Å². The van der Waals surface area contributed by atoms with Gasteiger partial charge in [0.2, 0.25) is 0 Å². The Balaban J connectivity index is 1.30. The van der Waals surface area contributed by atoms with E-state index in [4.69, 9.17) is 9.47 Å². The lowest BCUT2D eigenvalue weighted by Gasteiger charge is -2.57. The van der Waals surface area contributed by atoms with Crippen molar-refractivity contribution in [1.82, 2.24) is 0 Å². The topological polar surface area (TPSA) is 93.2 Å². The van der Waals surface area contributed by atoms with Crippen molar-refractivity contribution < 1.29 is 29.0 Å². The van der Waals surface area contributed by atoms with E-state index in [0.717, 1.165) is 31.3 Å². The van der Waals surface area contributed by atoms with Crippen LogP contribution in [0, 0.1) is 46.3 Å². The second-order valence-electron chi connectivity index (χ2n) is 12.9. The van der Waals surface area contributed by atoms with Gasteiger partial charge in [-0.25, -0.2) is 4.79 Å². The molecular weight excluding hydrogens is 444 g/mol. The van der Waals surface area contributed by atoms with Crippen LogP contribution in [0.4, 0.5) is 0 Å². The highest BCUT2D eigenvalue weighted by Gasteiger charge is 2.81. The molecule has 0 amide bonds. The minimum absolute atomic E-state index is 0.0209. The Bertz CT molecular complexity index is 1070. The molecule has 1 saturated heterocycles. The average Bonchev–Trinajstić information content (AvgIpc) is 3.47. The van der Waals surface area contributed by atoms with Crippen LogP contribution in [-0.2, 0) is 23.9 Å². The summed E-state index contributed by atoms with van der Waals surface area (Å²) in [6.07, 6.45) is 7.19. The standard InChI is InChI=1S/C29H38O6/c1-14-11-21(34-26(33)18(14)13-30)16(3)25-15(2)10-20-17-12-24-29(35-24)23(32)7-6-22(31)28(29,5)19(17)8-9-27(20,25)4/h6-7,15-17,19-21,24-25,30H,8-13H2,1-5H3/t15-,16+,17+,19-,20-,21+,24+,25+,27-,28-,29+/m0/s1. The number of ketones is 2. The Morgan fingerprint density at radius 3 is 2.51 bits per heavy atom. The molecule has 0 radical (unpaired) electrons. The maximum Gasteiger partial charge on any atom is 0.336 e. The van der Waals surface area contributed by atoms with Crippen LogP contribution in [0.2, 0.25) is 0 Å². The molecule has 4 aliphatic carbocycles. The van der Waals surface area contributed by atoms with Crippen molar-refractivity contribution in [1.29, 1.82) is 0 Å². The van der Waals surface area contributed by atoms with Gasteiger partial charge in [0, 0.05) is 6.42 Å². The molecule has 0 bridgehead atoms. The van der Waals surface area contributed by atoms with Gasteiger partial charge in [0.1, 0.15) is 6.10 Å². The van der Waals surface area contributed by atoms with Crippen LogP contribution in [0.3, 0.4) is 0 Å². The molecule has 11 atom stereocenters. The smallest absolute Gasteiger partial charge is 0.336 e. The number of fused-ring (bicyclic) bond motifs is 4. The molecule has 0 aromatic heterocycles. The zero-order valence-corrected chi connectivity index (χ0v) is 21.5. The molecule has 6 nitrogen and oxygen atoms in total. The molecule has 6 rings (SSSR count).